The summed E-state index contributed by atoms with van der Waals surface area (Å²) >= 11 is 1.57. The van der Waals surface area contributed by atoms with E-state index < -0.39 is 5.97 Å². The molecular weight excluding hydrogens is 398 g/mol. The molecule has 1 N–H and O–H groups in total. The largest absolute Gasteiger partial charge is 0.481 e. The van der Waals surface area contributed by atoms with Crippen molar-refractivity contribution in [1.29, 1.82) is 0 Å². The minimum absolute atomic E-state index is 0.223. The average Bonchev–Trinajstić information content (AvgIpc) is 3.21. The molecule has 0 unspecified atom stereocenters. The van der Waals surface area contributed by atoms with E-state index in [9.17, 15) is 4.79 Å². The zero-order valence-electron chi connectivity index (χ0n) is 16.9. The number of pyridine rings is 1. The normalized spacial score (nSPS) is 14.4. The maximum Gasteiger partial charge on any atom is 0.309 e. The number of aliphatic carboxylic acids is 1. The van der Waals surface area contributed by atoms with Crippen LogP contribution in [0.5, 0.6) is 0 Å². The molecule has 3 aromatic rings. The highest BCUT2D eigenvalue weighted by Gasteiger charge is 2.32. The number of benzene rings is 1. The van der Waals surface area contributed by atoms with Crippen molar-refractivity contribution >= 4 is 28.3 Å². The van der Waals surface area contributed by atoms with Gasteiger partial charge in [-0.2, -0.15) is 0 Å². The van der Waals surface area contributed by atoms with E-state index >= 15 is 0 Å². The van der Waals surface area contributed by atoms with Gasteiger partial charge in [-0.05, 0) is 24.1 Å². The molecule has 1 aliphatic heterocycles. The van der Waals surface area contributed by atoms with Crippen LogP contribution in [-0.4, -0.2) is 50.8 Å². The molecule has 8 heteroatoms. The Morgan fingerprint density at radius 2 is 2.00 bits per heavy atom. The zero-order valence-corrected chi connectivity index (χ0v) is 17.8. The van der Waals surface area contributed by atoms with Crippen molar-refractivity contribution < 1.29 is 9.90 Å². The number of rotatable bonds is 9. The molecule has 0 bridgehead atoms. The third kappa shape index (κ3) is 4.66. The van der Waals surface area contributed by atoms with Crippen LogP contribution in [0.1, 0.15) is 25.3 Å². The number of aromatic nitrogens is 3. The summed E-state index contributed by atoms with van der Waals surface area (Å²) in [6.45, 7) is 5.05. The fourth-order valence-corrected chi connectivity index (χ4v) is 4.33. The first-order valence-electron chi connectivity index (χ1n) is 10.2. The summed E-state index contributed by atoms with van der Waals surface area (Å²) in [5.41, 5.74) is 2.20. The lowest BCUT2D eigenvalue weighted by Gasteiger charge is -2.36. The number of carboxylic acids is 1. The maximum absolute atomic E-state index is 10.9. The van der Waals surface area contributed by atoms with E-state index in [2.05, 4.69) is 56.2 Å². The van der Waals surface area contributed by atoms with Crippen molar-refractivity contribution in [2.45, 2.75) is 26.3 Å². The van der Waals surface area contributed by atoms with Crippen LogP contribution in [0.4, 0.5) is 10.9 Å². The number of hydrogen-bond donors (Lipinski definition) is 1. The number of likely N-dealkylation sites (tertiary alicyclic amines) is 1. The van der Waals surface area contributed by atoms with Gasteiger partial charge in [-0.1, -0.05) is 55.0 Å². The fraction of sp³-hybridized carbons (Fsp3) is 0.364. The Morgan fingerprint density at radius 1 is 1.20 bits per heavy atom. The standard InChI is InChI=1S/C22H25N5O2S/c1-2-3-12-27(19-6-4-5-11-23-19)22-25-24-20(30-22)17-9-7-16(8-10-17)13-26-14-18(15-26)21(28)29/h4-11,18H,2-3,12-15H2,1H3,(H,28,29). The molecule has 156 valence electrons. The van der Waals surface area contributed by atoms with Crippen LogP contribution < -0.4 is 4.90 Å². The molecule has 30 heavy (non-hydrogen) atoms. The van der Waals surface area contributed by atoms with Gasteiger partial charge in [0.05, 0.1) is 5.92 Å². The maximum atomic E-state index is 10.9. The molecular formula is C22H25N5O2S. The molecule has 7 nitrogen and oxygen atoms in total. The van der Waals surface area contributed by atoms with Crippen LogP contribution in [-0.2, 0) is 11.3 Å². The Bertz CT molecular complexity index is 971. The van der Waals surface area contributed by atoms with Gasteiger partial charge < -0.3 is 10.0 Å². The Labute approximate surface area is 180 Å². The Kier molecular flexibility index (Phi) is 6.35. The van der Waals surface area contributed by atoms with E-state index in [4.69, 9.17) is 5.11 Å². The SMILES string of the molecule is CCCCN(c1ccccn1)c1nnc(-c2ccc(CN3CC(C(=O)O)C3)cc2)s1. The molecule has 0 radical (unpaired) electrons. The van der Waals surface area contributed by atoms with Crippen molar-refractivity contribution in [3.8, 4) is 10.6 Å². The first kappa shape index (κ1) is 20.4. The predicted molar refractivity (Wildman–Crippen MR) is 118 cm³/mol. The molecule has 4 rings (SSSR count). The summed E-state index contributed by atoms with van der Waals surface area (Å²) in [5.74, 6) is -0.0376. The second-order valence-electron chi connectivity index (χ2n) is 7.51. The highest BCUT2D eigenvalue weighted by atomic mass is 32.1. The molecule has 2 aromatic heterocycles. The minimum Gasteiger partial charge on any atom is -0.481 e. The summed E-state index contributed by atoms with van der Waals surface area (Å²) in [4.78, 5) is 19.7. The molecule has 0 aliphatic carbocycles. The van der Waals surface area contributed by atoms with Crippen LogP contribution in [0.3, 0.4) is 0 Å². The molecule has 1 aromatic carbocycles. The number of carbonyl (C=O) groups is 1. The molecule has 1 saturated heterocycles. The van der Waals surface area contributed by atoms with E-state index in [-0.39, 0.29) is 5.92 Å². The zero-order chi connectivity index (χ0) is 20.9. The Morgan fingerprint density at radius 3 is 2.67 bits per heavy atom. The van der Waals surface area contributed by atoms with Crippen molar-refractivity contribution in [3.05, 3.63) is 54.2 Å². The molecule has 0 atom stereocenters. The van der Waals surface area contributed by atoms with E-state index in [1.807, 2.05) is 18.2 Å². The Hall–Kier alpha value is -2.84. The summed E-state index contributed by atoms with van der Waals surface area (Å²) in [5, 5.41) is 19.6. The first-order valence-corrected chi connectivity index (χ1v) is 11.0. The van der Waals surface area contributed by atoms with Crippen molar-refractivity contribution in [2.75, 3.05) is 24.5 Å². The van der Waals surface area contributed by atoms with Gasteiger partial charge in [-0.3, -0.25) is 9.69 Å². The van der Waals surface area contributed by atoms with Crippen LogP contribution in [0.25, 0.3) is 10.6 Å². The molecule has 1 aliphatic rings. The van der Waals surface area contributed by atoms with Crippen LogP contribution in [0, 0.1) is 5.92 Å². The van der Waals surface area contributed by atoms with Gasteiger partial charge in [-0.15, -0.1) is 10.2 Å². The van der Waals surface area contributed by atoms with Crippen molar-refractivity contribution in [1.82, 2.24) is 20.1 Å². The fourth-order valence-electron chi connectivity index (χ4n) is 3.45. The third-order valence-corrected chi connectivity index (χ3v) is 6.22. The second-order valence-corrected chi connectivity index (χ2v) is 8.47. The molecule has 0 amide bonds. The highest BCUT2D eigenvalue weighted by Crippen LogP contribution is 2.32. The van der Waals surface area contributed by atoms with E-state index in [0.29, 0.717) is 13.1 Å². The number of carboxylic acid groups (broad SMARTS) is 1. The molecule has 0 saturated carbocycles. The lowest BCUT2D eigenvalue weighted by molar-refractivity contribution is -0.147. The van der Waals surface area contributed by atoms with Gasteiger partial charge in [-0.25, -0.2) is 4.98 Å². The lowest BCUT2D eigenvalue weighted by atomic mass is 9.99. The van der Waals surface area contributed by atoms with Crippen LogP contribution >= 0.6 is 11.3 Å². The van der Waals surface area contributed by atoms with Crippen molar-refractivity contribution in [3.63, 3.8) is 0 Å². The van der Waals surface area contributed by atoms with E-state index in [0.717, 1.165) is 47.5 Å². The molecule has 0 spiro atoms. The first-order chi connectivity index (χ1) is 14.6. The smallest absolute Gasteiger partial charge is 0.309 e. The highest BCUT2D eigenvalue weighted by molar-refractivity contribution is 7.18. The summed E-state index contributed by atoms with van der Waals surface area (Å²) in [6.07, 6.45) is 3.95. The average molecular weight is 424 g/mol. The van der Waals surface area contributed by atoms with Crippen LogP contribution in [0.15, 0.2) is 48.7 Å². The van der Waals surface area contributed by atoms with E-state index in [1.54, 1.807) is 17.5 Å². The Balaban J connectivity index is 1.44. The quantitative estimate of drug-likeness (QED) is 0.556. The van der Waals surface area contributed by atoms with E-state index in [1.165, 1.54) is 5.56 Å². The van der Waals surface area contributed by atoms with Gasteiger partial charge in [0.15, 0.2) is 0 Å². The van der Waals surface area contributed by atoms with Crippen LogP contribution in [0.2, 0.25) is 0 Å². The summed E-state index contributed by atoms with van der Waals surface area (Å²) < 4.78 is 0. The molecule has 1 fully saturated rings. The number of nitrogens with zero attached hydrogens (tertiary/aromatic N) is 5. The molecule has 3 heterocycles. The summed E-state index contributed by atoms with van der Waals surface area (Å²) in [6, 6.07) is 14.2. The van der Waals surface area contributed by atoms with Gasteiger partial charge >= 0.3 is 5.97 Å². The summed E-state index contributed by atoms with van der Waals surface area (Å²) in [7, 11) is 0. The minimum atomic E-state index is -0.702. The second kappa shape index (κ2) is 9.32. The van der Waals surface area contributed by atoms with Gasteiger partial charge in [0.25, 0.3) is 0 Å². The number of anilines is 2. The van der Waals surface area contributed by atoms with Crippen molar-refractivity contribution in [2.24, 2.45) is 5.92 Å². The number of hydrogen-bond acceptors (Lipinski definition) is 7. The predicted octanol–water partition coefficient (Wildman–Crippen LogP) is 4.05. The third-order valence-electron chi connectivity index (χ3n) is 5.22. The topological polar surface area (TPSA) is 82.5 Å². The van der Waals surface area contributed by atoms with Gasteiger partial charge in [0.1, 0.15) is 10.8 Å². The number of unbranched alkanes of at least 4 members (excludes halogenated alkanes) is 1. The van der Waals surface area contributed by atoms with Gasteiger partial charge in [0, 0.05) is 37.9 Å². The monoisotopic (exact) mass is 423 g/mol. The van der Waals surface area contributed by atoms with Gasteiger partial charge in [0.2, 0.25) is 5.13 Å². The lowest BCUT2D eigenvalue weighted by Crippen LogP contribution is -2.49.